The molecule has 7 nitrogen and oxygen atoms in total. The molecule has 182 valence electrons. The van der Waals surface area contributed by atoms with Crippen molar-refractivity contribution in [1.82, 2.24) is 9.97 Å². The van der Waals surface area contributed by atoms with E-state index in [4.69, 9.17) is 28.9 Å². The molecule has 7 heteroatoms. The molecule has 0 fully saturated rings. The molecule has 0 bridgehead atoms. The summed E-state index contributed by atoms with van der Waals surface area (Å²) in [7, 11) is 3.28. The Morgan fingerprint density at radius 2 is 1.71 bits per heavy atom. The van der Waals surface area contributed by atoms with Gasteiger partial charge in [0.05, 0.1) is 20.8 Å². The average molecular weight is 475 g/mol. The number of hydrogen-bond acceptors (Lipinski definition) is 7. The predicted octanol–water partition coefficient (Wildman–Crippen LogP) is 5.29. The summed E-state index contributed by atoms with van der Waals surface area (Å²) in [5.41, 5.74) is 3.64. The van der Waals surface area contributed by atoms with Gasteiger partial charge in [0.2, 0.25) is 0 Å². The third-order valence-electron chi connectivity index (χ3n) is 5.81. The van der Waals surface area contributed by atoms with E-state index in [0.29, 0.717) is 35.8 Å². The molecule has 0 saturated heterocycles. The molecule has 0 atom stereocenters. The fourth-order valence-electron chi connectivity index (χ4n) is 4.16. The number of aromatic nitrogens is 2. The highest BCUT2D eigenvalue weighted by atomic mass is 16.6. The van der Waals surface area contributed by atoms with E-state index >= 15 is 0 Å². The van der Waals surface area contributed by atoms with Crippen LogP contribution in [0, 0.1) is 0 Å². The number of esters is 1. The number of aryl methyl sites for hydroxylation is 1. The number of carbonyl (C=O) groups is 1. The van der Waals surface area contributed by atoms with Crippen LogP contribution in [0.3, 0.4) is 0 Å². The highest BCUT2D eigenvalue weighted by molar-refractivity contribution is 5.91. The molecule has 0 unspecified atom stereocenters. The molecule has 4 aromatic rings. The first kappa shape index (κ1) is 24.3. The van der Waals surface area contributed by atoms with Gasteiger partial charge in [-0.15, -0.1) is 0 Å². The minimum atomic E-state index is -0.408. The molecule has 0 N–H and O–H groups in total. The molecule has 0 spiro atoms. The zero-order chi connectivity index (χ0) is 24.8. The maximum Gasteiger partial charge on any atom is 0.344 e. The van der Waals surface area contributed by atoms with Crippen molar-refractivity contribution >= 4 is 27.6 Å². The topological polar surface area (TPSA) is 79.8 Å². The number of nitrogens with zero attached hydrogens (tertiary/aromatic N) is 2. The predicted molar refractivity (Wildman–Crippen MR) is 136 cm³/mol. The average Bonchev–Trinajstić information content (AvgIpc) is 2.88. The Balaban J connectivity index is 1.73. The number of fused-ring (bicyclic) bond motifs is 2. The van der Waals surface area contributed by atoms with Crippen LogP contribution in [0.2, 0.25) is 0 Å². The lowest BCUT2D eigenvalue weighted by atomic mass is 9.99. The maximum absolute atomic E-state index is 11.8. The molecule has 0 radical (unpaired) electrons. The van der Waals surface area contributed by atoms with Crippen LogP contribution in [-0.4, -0.2) is 43.4 Å². The van der Waals surface area contributed by atoms with Gasteiger partial charge in [0.15, 0.2) is 18.1 Å². The fourth-order valence-corrected chi connectivity index (χ4v) is 4.16. The van der Waals surface area contributed by atoms with E-state index in [9.17, 15) is 4.79 Å². The molecule has 2 heterocycles. The Morgan fingerprint density at radius 1 is 0.943 bits per heavy atom. The highest BCUT2D eigenvalue weighted by Crippen LogP contribution is 2.36. The lowest BCUT2D eigenvalue weighted by molar-refractivity contribution is -0.145. The monoisotopic (exact) mass is 474 g/mol. The van der Waals surface area contributed by atoms with Gasteiger partial charge in [-0.05, 0) is 48.6 Å². The van der Waals surface area contributed by atoms with Crippen molar-refractivity contribution in [2.45, 2.75) is 33.1 Å². The van der Waals surface area contributed by atoms with E-state index in [1.54, 1.807) is 21.1 Å². The van der Waals surface area contributed by atoms with Crippen LogP contribution >= 0.6 is 0 Å². The van der Waals surface area contributed by atoms with E-state index in [1.165, 1.54) is 0 Å². The normalized spacial score (nSPS) is 11.0. The standard InChI is InChI=1S/C28H30N2O5/c1-5-8-23-22-15-26(33-4)25(32-3)14-21(22)19(16-29-23)13-20-12-11-18-9-7-10-24(28(18)30-20)35-17-27(31)34-6-2/h7,9-12,14-16H,5-6,8,13,17H2,1-4H3. The zero-order valence-electron chi connectivity index (χ0n) is 20.6. The third-order valence-corrected chi connectivity index (χ3v) is 5.81. The molecule has 2 aromatic carbocycles. The van der Waals surface area contributed by atoms with E-state index in [2.05, 4.69) is 6.92 Å². The number of ether oxygens (including phenoxy) is 4. The number of carbonyl (C=O) groups excluding carboxylic acids is 1. The SMILES string of the molecule is CCCc1ncc(Cc2ccc3cccc(OCC(=O)OCC)c3n2)c2cc(OC)c(OC)cc12. The van der Waals surface area contributed by atoms with Crippen molar-refractivity contribution in [3.63, 3.8) is 0 Å². The first-order chi connectivity index (χ1) is 17.1. The number of rotatable bonds is 10. The van der Waals surface area contributed by atoms with Crippen LogP contribution in [0.15, 0.2) is 48.7 Å². The quantitative estimate of drug-likeness (QED) is 0.289. The van der Waals surface area contributed by atoms with Crippen molar-refractivity contribution in [2.24, 2.45) is 0 Å². The molecular weight excluding hydrogens is 444 g/mol. The summed E-state index contributed by atoms with van der Waals surface area (Å²) in [6, 6.07) is 13.7. The lowest BCUT2D eigenvalue weighted by Gasteiger charge is -2.15. The third kappa shape index (κ3) is 5.29. The minimum absolute atomic E-state index is 0.159. The lowest BCUT2D eigenvalue weighted by Crippen LogP contribution is -2.14. The van der Waals surface area contributed by atoms with Gasteiger partial charge in [-0.1, -0.05) is 31.5 Å². The maximum atomic E-state index is 11.8. The number of methoxy groups -OCH3 is 2. The Hall–Kier alpha value is -3.87. The number of hydrogen-bond donors (Lipinski definition) is 0. The van der Waals surface area contributed by atoms with Gasteiger partial charge in [0.25, 0.3) is 0 Å². The van der Waals surface area contributed by atoms with Crippen LogP contribution in [0.1, 0.15) is 37.2 Å². The van der Waals surface area contributed by atoms with Crippen LogP contribution in [0.5, 0.6) is 17.2 Å². The number of benzene rings is 2. The first-order valence-electron chi connectivity index (χ1n) is 11.8. The Bertz CT molecular complexity index is 1350. The summed E-state index contributed by atoms with van der Waals surface area (Å²) in [6.45, 7) is 4.06. The van der Waals surface area contributed by atoms with Crippen LogP contribution in [-0.2, 0) is 22.4 Å². The van der Waals surface area contributed by atoms with Gasteiger partial charge in [-0.25, -0.2) is 9.78 Å². The summed E-state index contributed by atoms with van der Waals surface area (Å²) in [4.78, 5) is 21.4. The molecule has 0 aliphatic rings. The highest BCUT2D eigenvalue weighted by Gasteiger charge is 2.15. The van der Waals surface area contributed by atoms with Gasteiger partial charge in [0.1, 0.15) is 11.3 Å². The Kier molecular flexibility index (Phi) is 7.65. The van der Waals surface area contributed by atoms with Crippen molar-refractivity contribution in [1.29, 1.82) is 0 Å². The van der Waals surface area contributed by atoms with Crippen LogP contribution in [0.25, 0.3) is 21.7 Å². The van der Waals surface area contributed by atoms with Crippen molar-refractivity contribution in [3.8, 4) is 17.2 Å². The van der Waals surface area contributed by atoms with Gasteiger partial charge >= 0.3 is 5.97 Å². The molecule has 0 aliphatic carbocycles. The second kappa shape index (κ2) is 11.0. The molecule has 0 saturated carbocycles. The largest absolute Gasteiger partial charge is 0.493 e. The van der Waals surface area contributed by atoms with Crippen molar-refractivity contribution in [3.05, 3.63) is 65.6 Å². The van der Waals surface area contributed by atoms with E-state index in [-0.39, 0.29) is 6.61 Å². The van der Waals surface area contributed by atoms with E-state index in [0.717, 1.165) is 46.0 Å². The zero-order valence-corrected chi connectivity index (χ0v) is 20.6. The smallest absolute Gasteiger partial charge is 0.344 e. The summed E-state index contributed by atoms with van der Waals surface area (Å²) >= 11 is 0. The van der Waals surface area contributed by atoms with Crippen LogP contribution in [0.4, 0.5) is 0 Å². The Labute approximate surface area is 205 Å². The van der Waals surface area contributed by atoms with Gasteiger partial charge in [0, 0.05) is 34.8 Å². The molecule has 35 heavy (non-hydrogen) atoms. The molecule has 0 amide bonds. The molecular formula is C28H30N2O5. The van der Waals surface area contributed by atoms with Crippen molar-refractivity contribution in [2.75, 3.05) is 27.4 Å². The van der Waals surface area contributed by atoms with E-state index < -0.39 is 5.97 Å². The number of para-hydroxylation sites is 1. The molecule has 2 aromatic heterocycles. The van der Waals surface area contributed by atoms with Gasteiger partial charge in [-0.3, -0.25) is 4.98 Å². The molecule has 0 aliphatic heterocycles. The Morgan fingerprint density at radius 3 is 2.43 bits per heavy atom. The second-order valence-corrected chi connectivity index (χ2v) is 8.13. The number of pyridine rings is 2. The minimum Gasteiger partial charge on any atom is -0.493 e. The van der Waals surface area contributed by atoms with Crippen molar-refractivity contribution < 1.29 is 23.7 Å². The first-order valence-corrected chi connectivity index (χ1v) is 11.8. The summed E-state index contributed by atoms with van der Waals surface area (Å²) < 4.78 is 21.8. The van der Waals surface area contributed by atoms with Crippen LogP contribution < -0.4 is 14.2 Å². The van der Waals surface area contributed by atoms with Gasteiger partial charge in [-0.2, -0.15) is 0 Å². The summed E-state index contributed by atoms with van der Waals surface area (Å²) in [5, 5.41) is 3.05. The fraction of sp³-hybridized carbons (Fsp3) is 0.321. The molecule has 4 rings (SSSR count). The summed E-state index contributed by atoms with van der Waals surface area (Å²) in [5.74, 6) is 1.50. The van der Waals surface area contributed by atoms with E-state index in [1.807, 2.05) is 48.7 Å². The second-order valence-electron chi connectivity index (χ2n) is 8.13. The summed E-state index contributed by atoms with van der Waals surface area (Å²) in [6.07, 6.45) is 4.38. The van der Waals surface area contributed by atoms with Gasteiger partial charge < -0.3 is 18.9 Å².